The van der Waals surface area contributed by atoms with Crippen LogP contribution in [0.2, 0.25) is 0 Å². The van der Waals surface area contributed by atoms with Gasteiger partial charge in [0.15, 0.2) is 9.84 Å². The van der Waals surface area contributed by atoms with Crippen LogP contribution in [0, 0.1) is 0 Å². The van der Waals surface area contributed by atoms with Gasteiger partial charge in [-0.1, -0.05) is 18.2 Å². The third kappa shape index (κ3) is 9.90. The highest BCUT2D eigenvalue weighted by molar-refractivity contribution is 7.91. The van der Waals surface area contributed by atoms with Gasteiger partial charge in [-0.3, -0.25) is 24.5 Å². The minimum atomic E-state index is -4.08. The van der Waals surface area contributed by atoms with Crippen LogP contribution in [0.4, 0.5) is 10.5 Å². The van der Waals surface area contributed by atoms with Crippen molar-refractivity contribution in [2.45, 2.75) is 37.3 Å². The quantitative estimate of drug-likeness (QED) is 0.229. The van der Waals surface area contributed by atoms with E-state index in [2.05, 4.69) is 10.6 Å². The maximum atomic E-state index is 12.8. The van der Waals surface area contributed by atoms with Crippen LogP contribution in [0.1, 0.15) is 20.8 Å². The molecule has 0 heterocycles. The number of carbonyl (C=O) groups excluding carboxylic acids is 4. The first kappa shape index (κ1) is 31.1. The Labute approximate surface area is 226 Å². The van der Waals surface area contributed by atoms with Crippen LogP contribution in [0.15, 0.2) is 59.5 Å². The standard InChI is InChI=1S/C25H32N4O9S/c1-25(2,3)38-24(33)29(17-8-6-5-7-9-17)15-22(31)26-14-21(30)27-20(23(32)28-34)16-39(35,36)19-12-10-18(37-4)11-13-19/h5-13,20,34H,14-16H2,1-4H3,(H,26,31)(H,27,30)(H,28,32). The summed E-state index contributed by atoms with van der Waals surface area (Å²) in [5.74, 6) is -3.27. The summed E-state index contributed by atoms with van der Waals surface area (Å²) in [6.45, 7) is 3.89. The molecule has 0 fully saturated rings. The molecule has 0 aromatic heterocycles. The van der Waals surface area contributed by atoms with E-state index in [0.717, 1.165) is 4.90 Å². The van der Waals surface area contributed by atoms with Gasteiger partial charge in [0.05, 0.1) is 24.3 Å². The number of methoxy groups -OCH3 is 1. The number of amides is 4. The first-order chi connectivity index (χ1) is 18.3. The van der Waals surface area contributed by atoms with Gasteiger partial charge in [0, 0.05) is 5.69 Å². The SMILES string of the molecule is COc1ccc(S(=O)(=O)CC(NC(=O)CNC(=O)CN(C(=O)OC(C)(C)C)c2ccccc2)C(=O)NO)cc1. The molecule has 4 amide bonds. The van der Waals surface area contributed by atoms with Crippen molar-refractivity contribution >= 4 is 39.3 Å². The van der Waals surface area contributed by atoms with E-state index in [9.17, 15) is 27.6 Å². The normalized spacial score (nSPS) is 12.0. The molecule has 0 aliphatic heterocycles. The second kappa shape index (κ2) is 13.6. The van der Waals surface area contributed by atoms with Gasteiger partial charge in [-0.2, -0.15) is 0 Å². The van der Waals surface area contributed by atoms with Crippen LogP contribution < -0.4 is 25.8 Å². The highest BCUT2D eigenvalue weighted by Gasteiger charge is 2.29. The summed E-state index contributed by atoms with van der Waals surface area (Å²) in [5.41, 5.74) is 0.879. The van der Waals surface area contributed by atoms with Crippen molar-refractivity contribution in [2.75, 3.05) is 30.9 Å². The number of carbonyl (C=O) groups is 4. The van der Waals surface area contributed by atoms with Gasteiger partial charge in [0.2, 0.25) is 11.8 Å². The van der Waals surface area contributed by atoms with Gasteiger partial charge in [-0.05, 0) is 57.2 Å². The van der Waals surface area contributed by atoms with Gasteiger partial charge in [-0.25, -0.2) is 18.7 Å². The third-order valence-electron chi connectivity index (χ3n) is 5.00. The molecule has 0 radical (unpaired) electrons. The van der Waals surface area contributed by atoms with Crippen molar-refractivity contribution < 1.29 is 42.3 Å². The summed E-state index contributed by atoms with van der Waals surface area (Å²) in [7, 11) is -2.66. The first-order valence-corrected chi connectivity index (χ1v) is 13.3. The van der Waals surface area contributed by atoms with Crippen LogP contribution in [0.3, 0.4) is 0 Å². The molecular formula is C25H32N4O9S. The molecule has 13 nitrogen and oxygen atoms in total. The number of anilines is 1. The number of rotatable bonds is 11. The maximum Gasteiger partial charge on any atom is 0.415 e. The Kier molecular flexibility index (Phi) is 10.8. The fourth-order valence-electron chi connectivity index (χ4n) is 3.17. The molecule has 0 saturated carbocycles. The Hall–Kier alpha value is -4.17. The molecule has 0 spiro atoms. The zero-order valence-corrected chi connectivity index (χ0v) is 22.8. The lowest BCUT2D eigenvalue weighted by molar-refractivity contribution is -0.134. The second-order valence-electron chi connectivity index (χ2n) is 9.23. The van der Waals surface area contributed by atoms with Crippen LogP contribution in [-0.4, -0.2) is 75.0 Å². The fourth-order valence-corrected chi connectivity index (χ4v) is 4.59. The van der Waals surface area contributed by atoms with E-state index in [1.54, 1.807) is 51.1 Å². The summed E-state index contributed by atoms with van der Waals surface area (Å²) in [5, 5.41) is 13.5. The predicted molar refractivity (Wildman–Crippen MR) is 140 cm³/mol. The van der Waals surface area contributed by atoms with E-state index in [0.29, 0.717) is 11.4 Å². The zero-order valence-electron chi connectivity index (χ0n) is 22.0. The molecule has 14 heteroatoms. The number of hydrogen-bond acceptors (Lipinski definition) is 9. The Morgan fingerprint density at radius 1 is 0.974 bits per heavy atom. The molecule has 0 aliphatic carbocycles. The van der Waals surface area contributed by atoms with Gasteiger partial charge in [0.1, 0.15) is 23.9 Å². The largest absolute Gasteiger partial charge is 0.497 e. The van der Waals surface area contributed by atoms with Crippen LogP contribution in [-0.2, 0) is 29.0 Å². The number of sulfone groups is 1. The summed E-state index contributed by atoms with van der Waals surface area (Å²) < 4.78 is 35.9. The first-order valence-electron chi connectivity index (χ1n) is 11.7. The molecule has 2 rings (SSSR count). The Morgan fingerprint density at radius 2 is 1.59 bits per heavy atom. The number of hydroxylamine groups is 1. The molecule has 2 aromatic carbocycles. The highest BCUT2D eigenvalue weighted by atomic mass is 32.2. The number of para-hydroxylation sites is 1. The second-order valence-corrected chi connectivity index (χ2v) is 11.3. The number of nitrogens with one attached hydrogen (secondary N) is 3. The van der Waals surface area contributed by atoms with Crippen molar-refractivity contribution in [1.29, 1.82) is 0 Å². The predicted octanol–water partition coefficient (Wildman–Crippen LogP) is 1.02. The van der Waals surface area contributed by atoms with Gasteiger partial charge < -0.3 is 20.1 Å². The van der Waals surface area contributed by atoms with Crippen molar-refractivity contribution in [3.05, 3.63) is 54.6 Å². The van der Waals surface area contributed by atoms with Crippen molar-refractivity contribution in [1.82, 2.24) is 16.1 Å². The zero-order chi connectivity index (χ0) is 29.2. The van der Waals surface area contributed by atoms with Crippen LogP contribution in [0.25, 0.3) is 0 Å². The molecule has 39 heavy (non-hydrogen) atoms. The molecule has 2 aromatic rings. The molecule has 4 N–H and O–H groups in total. The fraction of sp³-hybridized carbons (Fsp3) is 0.360. The number of hydrogen-bond donors (Lipinski definition) is 4. The monoisotopic (exact) mass is 564 g/mol. The van der Waals surface area contributed by atoms with Gasteiger partial charge in [-0.15, -0.1) is 0 Å². The van der Waals surface area contributed by atoms with E-state index < -0.39 is 64.1 Å². The molecule has 1 atom stereocenters. The lowest BCUT2D eigenvalue weighted by Gasteiger charge is -2.27. The summed E-state index contributed by atoms with van der Waals surface area (Å²) in [6.07, 6.45) is -0.781. The van der Waals surface area contributed by atoms with Crippen molar-refractivity contribution in [3.8, 4) is 5.75 Å². The van der Waals surface area contributed by atoms with E-state index in [1.807, 2.05) is 0 Å². The number of ether oxygens (including phenoxy) is 2. The van der Waals surface area contributed by atoms with Crippen LogP contribution >= 0.6 is 0 Å². The molecule has 0 aliphatic rings. The topological polar surface area (TPSA) is 180 Å². The number of nitrogens with zero attached hydrogens (tertiary/aromatic N) is 1. The highest BCUT2D eigenvalue weighted by Crippen LogP contribution is 2.19. The summed E-state index contributed by atoms with van der Waals surface area (Å²) in [6, 6.07) is 12.0. The molecule has 1 unspecified atom stereocenters. The molecular weight excluding hydrogens is 532 g/mol. The summed E-state index contributed by atoms with van der Waals surface area (Å²) >= 11 is 0. The minimum absolute atomic E-state index is 0.135. The average Bonchev–Trinajstić information content (AvgIpc) is 2.89. The minimum Gasteiger partial charge on any atom is -0.497 e. The van der Waals surface area contributed by atoms with Crippen molar-refractivity contribution in [2.24, 2.45) is 0 Å². The van der Waals surface area contributed by atoms with E-state index in [1.165, 1.54) is 36.9 Å². The smallest absolute Gasteiger partial charge is 0.415 e. The van der Waals surface area contributed by atoms with E-state index in [4.69, 9.17) is 14.7 Å². The van der Waals surface area contributed by atoms with Crippen LogP contribution in [0.5, 0.6) is 5.75 Å². The Bertz CT molecular complexity index is 1260. The maximum absolute atomic E-state index is 12.8. The molecule has 212 valence electrons. The van der Waals surface area contributed by atoms with Gasteiger partial charge >= 0.3 is 6.09 Å². The lowest BCUT2D eigenvalue weighted by atomic mass is 10.2. The van der Waals surface area contributed by atoms with Crippen molar-refractivity contribution in [3.63, 3.8) is 0 Å². The third-order valence-corrected chi connectivity index (χ3v) is 6.76. The lowest BCUT2D eigenvalue weighted by Crippen LogP contribution is -2.52. The average molecular weight is 565 g/mol. The Morgan fingerprint density at radius 3 is 2.13 bits per heavy atom. The molecule has 0 saturated heterocycles. The Balaban J connectivity index is 2.05. The summed E-state index contributed by atoms with van der Waals surface area (Å²) in [4.78, 5) is 50.8. The van der Waals surface area contributed by atoms with Gasteiger partial charge in [0.25, 0.3) is 5.91 Å². The van der Waals surface area contributed by atoms with E-state index >= 15 is 0 Å². The van der Waals surface area contributed by atoms with E-state index in [-0.39, 0.29) is 4.90 Å². The molecule has 0 bridgehead atoms. The number of benzene rings is 2.